The van der Waals surface area contributed by atoms with Crippen LogP contribution in [0.2, 0.25) is 0 Å². The van der Waals surface area contributed by atoms with Crippen molar-refractivity contribution >= 4 is 35.0 Å². The summed E-state index contributed by atoms with van der Waals surface area (Å²) in [4.78, 5) is 29.5. The average molecular weight is 560 g/mol. The molecule has 11 heteroatoms. The van der Waals surface area contributed by atoms with Gasteiger partial charge in [-0.15, -0.1) is 10.2 Å². The van der Waals surface area contributed by atoms with E-state index in [9.17, 15) is 9.59 Å². The van der Waals surface area contributed by atoms with Crippen molar-refractivity contribution in [3.63, 3.8) is 0 Å². The van der Waals surface area contributed by atoms with Crippen LogP contribution in [0.4, 0.5) is 11.4 Å². The molecule has 4 aromatic rings. The Morgan fingerprint density at radius 3 is 2.33 bits per heavy atom. The van der Waals surface area contributed by atoms with Crippen LogP contribution in [0.3, 0.4) is 0 Å². The first-order chi connectivity index (χ1) is 19.5. The van der Waals surface area contributed by atoms with E-state index < -0.39 is 0 Å². The largest absolute Gasteiger partial charge is 0.497 e. The molecule has 40 heavy (non-hydrogen) atoms. The first kappa shape index (κ1) is 27.1. The number of hydrogen-bond acceptors (Lipinski definition) is 9. The molecule has 0 saturated carbocycles. The molecule has 206 valence electrons. The molecule has 5 rings (SSSR count). The number of hydrogen-bond donors (Lipinski definition) is 1. The quantitative estimate of drug-likeness (QED) is 0.298. The minimum atomic E-state index is -0.174. The molecule has 0 aliphatic carbocycles. The second-order valence-electron chi connectivity index (χ2n) is 9.00. The lowest BCUT2D eigenvalue weighted by molar-refractivity contribution is -0.113. The summed E-state index contributed by atoms with van der Waals surface area (Å²) in [6.45, 7) is 2.70. The van der Waals surface area contributed by atoms with Crippen LogP contribution in [-0.2, 0) is 4.79 Å². The van der Waals surface area contributed by atoms with E-state index in [1.165, 1.54) is 11.8 Å². The van der Waals surface area contributed by atoms with Crippen LogP contribution in [0.15, 0.2) is 82.4 Å². The summed E-state index contributed by atoms with van der Waals surface area (Å²) in [5.41, 5.74) is 3.14. The van der Waals surface area contributed by atoms with Gasteiger partial charge < -0.3 is 29.0 Å². The molecule has 2 amide bonds. The number of anilines is 2. The predicted octanol–water partition coefficient (Wildman–Crippen LogP) is 4.45. The maximum atomic E-state index is 12.9. The molecule has 1 aliphatic rings. The maximum Gasteiger partial charge on any atom is 0.277 e. The fourth-order valence-corrected chi connectivity index (χ4v) is 4.87. The highest BCUT2D eigenvalue weighted by atomic mass is 32.2. The summed E-state index contributed by atoms with van der Waals surface area (Å²) in [6.07, 6.45) is 0. The van der Waals surface area contributed by atoms with Crippen LogP contribution in [-0.4, -0.2) is 73.1 Å². The van der Waals surface area contributed by atoms with E-state index in [1.54, 1.807) is 20.3 Å². The average Bonchev–Trinajstić information content (AvgIpc) is 3.49. The summed E-state index contributed by atoms with van der Waals surface area (Å²) >= 11 is 1.18. The van der Waals surface area contributed by atoms with Gasteiger partial charge in [0.05, 0.1) is 20.0 Å². The van der Waals surface area contributed by atoms with Gasteiger partial charge in [0.25, 0.3) is 11.1 Å². The molecule has 10 nitrogen and oxygen atoms in total. The van der Waals surface area contributed by atoms with Crippen LogP contribution in [0.25, 0.3) is 11.5 Å². The minimum absolute atomic E-state index is 0.00645. The smallest absolute Gasteiger partial charge is 0.277 e. The Labute approximate surface area is 236 Å². The predicted molar refractivity (Wildman–Crippen MR) is 153 cm³/mol. The molecule has 0 radical (unpaired) electrons. The van der Waals surface area contributed by atoms with Crippen LogP contribution >= 0.6 is 11.8 Å². The normalized spacial score (nSPS) is 13.2. The monoisotopic (exact) mass is 559 g/mol. The molecule has 1 N–H and O–H groups in total. The molecule has 0 unspecified atom stereocenters. The number of amides is 2. The lowest BCUT2D eigenvalue weighted by atomic mass is 10.1. The van der Waals surface area contributed by atoms with Crippen LogP contribution < -0.4 is 19.7 Å². The fraction of sp³-hybridized carbons (Fsp3) is 0.241. The molecule has 0 atom stereocenters. The van der Waals surface area contributed by atoms with Crippen molar-refractivity contribution in [2.45, 2.75) is 5.22 Å². The molecule has 2 heterocycles. The SMILES string of the molecule is COc1ccc(-c2nnc(SCC(=O)Nc3ccc(N4CCN(C(=O)c5cccc(OC)c5)CC4)cc3)o2)cc1. The maximum absolute atomic E-state index is 12.9. The number of benzene rings is 3. The summed E-state index contributed by atoms with van der Waals surface area (Å²) < 4.78 is 16.1. The van der Waals surface area contributed by atoms with Crippen molar-refractivity contribution in [3.05, 3.63) is 78.4 Å². The number of thioether (sulfide) groups is 1. The van der Waals surface area contributed by atoms with Gasteiger partial charge in [0.2, 0.25) is 11.8 Å². The zero-order valence-electron chi connectivity index (χ0n) is 22.2. The number of aromatic nitrogens is 2. The number of carbonyl (C=O) groups is 2. The van der Waals surface area contributed by atoms with Crippen molar-refractivity contribution in [1.82, 2.24) is 15.1 Å². The van der Waals surface area contributed by atoms with Crippen LogP contribution in [0.1, 0.15) is 10.4 Å². The number of piperazine rings is 1. The molecule has 0 bridgehead atoms. The van der Waals surface area contributed by atoms with Gasteiger partial charge in [-0.2, -0.15) is 0 Å². The molecule has 1 aliphatic heterocycles. The first-order valence-electron chi connectivity index (χ1n) is 12.7. The topological polar surface area (TPSA) is 110 Å². The van der Waals surface area contributed by atoms with E-state index in [0.717, 1.165) is 30.1 Å². The van der Waals surface area contributed by atoms with Gasteiger partial charge in [-0.3, -0.25) is 9.59 Å². The number of nitrogens with zero attached hydrogens (tertiary/aromatic N) is 4. The van der Waals surface area contributed by atoms with E-state index in [2.05, 4.69) is 20.4 Å². The van der Waals surface area contributed by atoms with Gasteiger partial charge in [-0.25, -0.2) is 0 Å². The zero-order chi connectivity index (χ0) is 27.9. The molecule has 0 spiro atoms. The first-order valence-corrected chi connectivity index (χ1v) is 13.7. The highest BCUT2D eigenvalue weighted by Gasteiger charge is 2.22. The summed E-state index contributed by atoms with van der Waals surface area (Å²) in [7, 11) is 3.20. The van der Waals surface area contributed by atoms with Crippen LogP contribution in [0, 0.1) is 0 Å². The third-order valence-corrected chi connectivity index (χ3v) is 7.29. The Hall–Kier alpha value is -4.51. The molecule has 1 saturated heterocycles. The van der Waals surface area contributed by atoms with Crippen molar-refractivity contribution in [3.8, 4) is 23.0 Å². The van der Waals surface area contributed by atoms with Crippen molar-refractivity contribution in [1.29, 1.82) is 0 Å². The lowest BCUT2D eigenvalue weighted by Crippen LogP contribution is -2.48. The number of nitrogens with one attached hydrogen (secondary N) is 1. The number of carbonyl (C=O) groups excluding carboxylic acids is 2. The number of ether oxygens (including phenoxy) is 2. The van der Waals surface area contributed by atoms with Gasteiger partial charge in [0, 0.05) is 48.7 Å². The van der Waals surface area contributed by atoms with E-state index in [4.69, 9.17) is 13.9 Å². The lowest BCUT2D eigenvalue weighted by Gasteiger charge is -2.36. The zero-order valence-corrected chi connectivity index (χ0v) is 23.0. The molecule has 1 fully saturated rings. The van der Waals surface area contributed by atoms with Gasteiger partial charge in [0.1, 0.15) is 11.5 Å². The standard InChI is InChI=1S/C29H29N5O5S/c1-37-24-12-6-20(7-13-24)27-31-32-29(39-27)40-19-26(35)30-22-8-10-23(11-9-22)33-14-16-34(17-15-33)28(36)21-4-3-5-25(18-21)38-2/h3-13,18H,14-17,19H2,1-2H3,(H,30,35). The third-order valence-electron chi connectivity index (χ3n) is 6.47. The Morgan fingerprint density at radius 2 is 1.62 bits per heavy atom. The highest BCUT2D eigenvalue weighted by Crippen LogP contribution is 2.26. The Bertz CT molecular complexity index is 1450. The molecule has 1 aromatic heterocycles. The van der Waals surface area contributed by atoms with E-state index in [0.29, 0.717) is 41.2 Å². The molecular formula is C29H29N5O5S. The fourth-order valence-electron chi connectivity index (χ4n) is 4.30. The van der Waals surface area contributed by atoms with Gasteiger partial charge in [-0.05, 0) is 66.7 Å². The molecular weight excluding hydrogens is 530 g/mol. The van der Waals surface area contributed by atoms with Gasteiger partial charge in [-0.1, -0.05) is 17.8 Å². The molecule has 3 aromatic carbocycles. The number of methoxy groups -OCH3 is 2. The Balaban J connectivity index is 1.08. The Kier molecular flexibility index (Phi) is 8.50. The van der Waals surface area contributed by atoms with Gasteiger partial charge >= 0.3 is 0 Å². The van der Waals surface area contributed by atoms with Crippen molar-refractivity contribution < 1.29 is 23.5 Å². The van der Waals surface area contributed by atoms with Crippen molar-refractivity contribution in [2.75, 3.05) is 56.4 Å². The van der Waals surface area contributed by atoms with Crippen LogP contribution in [0.5, 0.6) is 11.5 Å². The van der Waals surface area contributed by atoms with E-state index >= 15 is 0 Å². The third kappa shape index (κ3) is 6.55. The summed E-state index contributed by atoms with van der Waals surface area (Å²) in [6, 6.07) is 22.2. The Morgan fingerprint density at radius 1 is 0.900 bits per heavy atom. The number of rotatable bonds is 9. The van der Waals surface area contributed by atoms with Crippen molar-refractivity contribution in [2.24, 2.45) is 0 Å². The summed E-state index contributed by atoms with van der Waals surface area (Å²) in [5.74, 6) is 1.76. The van der Waals surface area contributed by atoms with E-state index in [1.807, 2.05) is 71.6 Å². The second kappa shape index (κ2) is 12.6. The van der Waals surface area contributed by atoms with Gasteiger partial charge in [0.15, 0.2) is 0 Å². The minimum Gasteiger partial charge on any atom is -0.497 e. The highest BCUT2D eigenvalue weighted by molar-refractivity contribution is 7.99. The summed E-state index contributed by atoms with van der Waals surface area (Å²) in [5, 5.41) is 11.3. The van der Waals surface area contributed by atoms with E-state index in [-0.39, 0.29) is 17.6 Å². The second-order valence-corrected chi connectivity index (χ2v) is 9.92.